The van der Waals surface area contributed by atoms with Gasteiger partial charge < -0.3 is 29.2 Å². The SMILES string of the molecule is CCCOC(=O)C(C(=O)OCCC)=C1C=C(N(CC)CCNC2=CC(=C(C(=O)OCC)C(=O)OCC)CC(C)(C)C2)CC(C)(C)C1. The van der Waals surface area contributed by atoms with Crippen LogP contribution in [0.1, 0.15) is 101 Å². The molecule has 10 nitrogen and oxygen atoms in total. The summed E-state index contributed by atoms with van der Waals surface area (Å²) < 4.78 is 21.2. The van der Waals surface area contributed by atoms with Gasteiger partial charge in [0.25, 0.3) is 0 Å². The molecule has 0 spiro atoms. The Balaban J connectivity index is 2.40. The Bertz CT molecular complexity index is 1200. The average molecular weight is 645 g/mol. The highest BCUT2D eigenvalue weighted by molar-refractivity contribution is 6.15. The smallest absolute Gasteiger partial charge is 0.345 e. The second-order valence-electron chi connectivity index (χ2n) is 13.4. The summed E-state index contributed by atoms with van der Waals surface area (Å²) in [6.07, 6.45) is 7.74. The Morgan fingerprint density at radius 1 is 0.674 bits per heavy atom. The molecule has 0 fully saturated rings. The molecule has 1 N–H and O–H groups in total. The van der Waals surface area contributed by atoms with Crippen molar-refractivity contribution >= 4 is 23.9 Å². The number of carbonyl (C=O) groups excluding carboxylic acids is 4. The number of rotatable bonds is 16. The van der Waals surface area contributed by atoms with Crippen LogP contribution in [0.5, 0.6) is 0 Å². The summed E-state index contributed by atoms with van der Waals surface area (Å²) in [7, 11) is 0. The van der Waals surface area contributed by atoms with Crippen molar-refractivity contribution in [1.82, 2.24) is 10.2 Å². The summed E-state index contributed by atoms with van der Waals surface area (Å²) in [5.41, 5.74) is 2.72. The van der Waals surface area contributed by atoms with Crippen LogP contribution in [0.4, 0.5) is 0 Å². The summed E-state index contributed by atoms with van der Waals surface area (Å²) in [6.45, 7) is 20.5. The van der Waals surface area contributed by atoms with Gasteiger partial charge in [-0.3, -0.25) is 0 Å². The van der Waals surface area contributed by atoms with Crippen molar-refractivity contribution in [2.45, 2.75) is 101 Å². The fourth-order valence-electron chi connectivity index (χ4n) is 5.90. The van der Waals surface area contributed by atoms with Crippen LogP contribution in [-0.4, -0.2) is 74.8 Å². The largest absolute Gasteiger partial charge is 0.462 e. The second kappa shape index (κ2) is 18.0. The zero-order chi connectivity index (χ0) is 34.5. The van der Waals surface area contributed by atoms with E-state index >= 15 is 0 Å². The summed E-state index contributed by atoms with van der Waals surface area (Å²) >= 11 is 0. The molecular weight excluding hydrogens is 588 g/mol. The number of allylic oxidation sites excluding steroid dienone is 6. The molecular formula is C36H56N2O8. The van der Waals surface area contributed by atoms with E-state index in [1.54, 1.807) is 13.8 Å². The molecule has 0 saturated heterocycles. The summed E-state index contributed by atoms with van der Waals surface area (Å²) in [4.78, 5) is 54.0. The zero-order valence-electron chi connectivity index (χ0n) is 29.6. The van der Waals surface area contributed by atoms with Crippen LogP contribution < -0.4 is 5.32 Å². The van der Waals surface area contributed by atoms with Crippen molar-refractivity contribution in [2.24, 2.45) is 10.8 Å². The van der Waals surface area contributed by atoms with E-state index in [2.05, 4.69) is 44.8 Å². The molecule has 0 radical (unpaired) electrons. The number of hydrogen-bond acceptors (Lipinski definition) is 10. The van der Waals surface area contributed by atoms with Crippen LogP contribution in [0.3, 0.4) is 0 Å². The molecule has 10 heteroatoms. The third-order valence-corrected chi connectivity index (χ3v) is 7.76. The van der Waals surface area contributed by atoms with Crippen molar-refractivity contribution in [1.29, 1.82) is 0 Å². The van der Waals surface area contributed by atoms with E-state index in [4.69, 9.17) is 18.9 Å². The molecule has 0 aromatic carbocycles. The van der Waals surface area contributed by atoms with Crippen LogP contribution >= 0.6 is 0 Å². The maximum atomic E-state index is 13.1. The lowest BCUT2D eigenvalue weighted by Gasteiger charge is -2.38. The van der Waals surface area contributed by atoms with E-state index in [0.29, 0.717) is 49.9 Å². The molecule has 0 atom stereocenters. The van der Waals surface area contributed by atoms with Gasteiger partial charge >= 0.3 is 23.9 Å². The number of hydrogen-bond donors (Lipinski definition) is 1. The van der Waals surface area contributed by atoms with E-state index in [1.807, 2.05) is 26.0 Å². The molecule has 0 heterocycles. The highest BCUT2D eigenvalue weighted by Gasteiger charge is 2.35. The van der Waals surface area contributed by atoms with Gasteiger partial charge in [0.1, 0.15) is 11.1 Å². The first-order valence-corrected chi connectivity index (χ1v) is 16.8. The molecule has 0 aromatic heterocycles. The molecule has 46 heavy (non-hydrogen) atoms. The number of nitrogens with one attached hydrogen (secondary N) is 1. The molecule has 0 aromatic rings. The first kappa shape index (κ1) is 38.6. The van der Waals surface area contributed by atoms with E-state index in [1.165, 1.54) is 0 Å². The number of ether oxygens (including phenoxy) is 4. The Kier molecular flexibility index (Phi) is 15.1. The van der Waals surface area contributed by atoms with Crippen LogP contribution in [0.2, 0.25) is 0 Å². The minimum Gasteiger partial charge on any atom is -0.462 e. The summed E-state index contributed by atoms with van der Waals surface area (Å²) in [5, 5.41) is 3.54. The molecule has 0 saturated carbocycles. The van der Waals surface area contributed by atoms with E-state index in [9.17, 15) is 19.2 Å². The van der Waals surface area contributed by atoms with Crippen LogP contribution in [0.25, 0.3) is 0 Å². The average Bonchev–Trinajstić information content (AvgIpc) is 2.96. The quantitative estimate of drug-likeness (QED) is 0.0712. The standard InChI is InChI=1S/C36H56N2O8/c1-10-17-45-33(41)30(34(42)46-18-11-2)26-20-28(24-36(8,9)22-26)38(12-3)16-15-37-27-19-25(21-35(6,7)23-27)29(31(39)43-13-4)32(40)44-14-5/h19-20,37H,10-18,21-24H2,1-9H3. The first-order chi connectivity index (χ1) is 21.7. The third-order valence-electron chi connectivity index (χ3n) is 7.76. The molecule has 2 aliphatic carbocycles. The van der Waals surface area contributed by atoms with Crippen LogP contribution in [0, 0.1) is 10.8 Å². The lowest BCUT2D eigenvalue weighted by Crippen LogP contribution is -2.36. The van der Waals surface area contributed by atoms with Gasteiger partial charge in [0.15, 0.2) is 0 Å². The molecule has 2 aliphatic rings. The normalized spacial score (nSPS) is 16.8. The summed E-state index contributed by atoms with van der Waals surface area (Å²) in [5.74, 6) is -2.63. The molecule has 0 amide bonds. The lowest BCUT2D eigenvalue weighted by molar-refractivity contribution is -0.148. The number of nitrogens with zero attached hydrogens (tertiary/aromatic N) is 1. The van der Waals surface area contributed by atoms with E-state index in [0.717, 1.165) is 30.8 Å². The van der Waals surface area contributed by atoms with Crippen molar-refractivity contribution in [3.05, 3.63) is 45.8 Å². The maximum Gasteiger partial charge on any atom is 0.345 e. The lowest BCUT2D eigenvalue weighted by atomic mass is 9.75. The van der Waals surface area contributed by atoms with Gasteiger partial charge in [0.05, 0.1) is 26.4 Å². The molecule has 0 unspecified atom stereocenters. The number of esters is 4. The predicted molar refractivity (Wildman–Crippen MR) is 177 cm³/mol. The van der Waals surface area contributed by atoms with Gasteiger partial charge in [-0.15, -0.1) is 0 Å². The Morgan fingerprint density at radius 2 is 1.13 bits per heavy atom. The molecule has 0 bridgehead atoms. The molecule has 258 valence electrons. The monoisotopic (exact) mass is 644 g/mol. The summed E-state index contributed by atoms with van der Waals surface area (Å²) in [6, 6.07) is 0. The number of likely N-dealkylation sites (N-methyl/N-ethyl adjacent to an activating group) is 1. The van der Waals surface area contributed by atoms with Crippen molar-refractivity contribution < 1.29 is 38.1 Å². The van der Waals surface area contributed by atoms with Gasteiger partial charge in [-0.05, 0) is 93.4 Å². The van der Waals surface area contributed by atoms with Crippen molar-refractivity contribution in [2.75, 3.05) is 46.1 Å². The molecule has 0 aliphatic heterocycles. The van der Waals surface area contributed by atoms with Gasteiger partial charge in [0, 0.05) is 31.0 Å². The van der Waals surface area contributed by atoms with Gasteiger partial charge in [-0.2, -0.15) is 0 Å². The molecule has 2 rings (SSSR count). The fraction of sp³-hybridized carbons (Fsp3) is 0.667. The van der Waals surface area contributed by atoms with Crippen LogP contribution in [-0.2, 0) is 38.1 Å². The number of carbonyl (C=O) groups is 4. The fourth-order valence-corrected chi connectivity index (χ4v) is 5.90. The second-order valence-corrected chi connectivity index (χ2v) is 13.4. The Labute approximate surface area is 275 Å². The topological polar surface area (TPSA) is 120 Å². The van der Waals surface area contributed by atoms with E-state index in [-0.39, 0.29) is 48.4 Å². The first-order valence-electron chi connectivity index (χ1n) is 16.8. The van der Waals surface area contributed by atoms with Gasteiger partial charge in [-0.25, -0.2) is 19.2 Å². The maximum absolute atomic E-state index is 13.1. The van der Waals surface area contributed by atoms with Gasteiger partial charge in [-0.1, -0.05) is 41.5 Å². The highest BCUT2D eigenvalue weighted by Crippen LogP contribution is 2.41. The Hall–Kier alpha value is -3.56. The minimum atomic E-state index is -0.673. The van der Waals surface area contributed by atoms with Crippen molar-refractivity contribution in [3.8, 4) is 0 Å². The van der Waals surface area contributed by atoms with Gasteiger partial charge in [0.2, 0.25) is 0 Å². The minimum absolute atomic E-state index is 0.0192. The Morgan fingerprint density at radius 3 is 1.59 bits per heavy atom. The highest BCUT2D eigenvalue weighted by atomic mass is 16.6. The van der Waals surface area contributed by atoms with Crippen molar-refractivity contribution in [3.63, 3.8) is 0 Å². The zero-order valence-corrected chi connectivity index (χ0v) is 29.6. The predicted octanol–water partition coefficient (Wildman–Crippen LogP) is 5.93. The van der Waals surface area contributed by atoms with E-state index < -0.39 is 23.9 Å². The third kappa shape index (κ3) is 11.4. The van der Waals surface area contributed by atoms with Crippen LogP contribution in [0.15, 0.2) is 45.8 Å².